The molecule has 2 fully saturated rings. The minimum Gasteiger partial charge on any atom is -0.339 e. The monoisotopic (exact) mass is 304 g/mol. The third-order valence-corrected chi connectivity index (χ3v) is 3.84. The van der Waals surface area contributed by atoms with Crippen LogP contribution < -0.4 is 5.32 Å². The second kappa shape index (κ2) is 5.28. The average molecular weight is 304 g/mol. The molecule has 0 aliphatic carbocycles. The van der Waals surface area contributed by atoms with Gasteiger partial charge in [-0.2, -0.15) is 18.2 Å². The number of hydrogen-bond acceptors (Lipinski definition) is 5. The molecular formula is C12H15F3N4O2. The van der Waals surface area contributed by atoms with Crippen molar-refractivity contribution in [3.05, 3.63) is 11.7 Å². The number of rotatable bonds is 3. The van der Waals surface area contributed by atoms with Gasteiger partial charge >= 0.3 is 6.18 Å². The molecule has 0 bridgehead atoms. The molecule has 0 aromatic carbocycles. The van der Waals surface area contributed by atoms with Crippen LogP contribution in [0.3, 0.4) is 0 Å². The Balaban J connectivity index is 1.61. The molecule has 0 spiro atoms. The van der Waals surface area contributed by atoms with E-state index in [0.29, 0.717) is 18.1 Å². The van der Waals surface area contributed by atoms with E-state index in [9.17, 15) is 18.0 Å². The lowest BCUT2D eigenvalue weighted by Gasteiger charge is -2.30. The maximum absolute atomic E-state index is 12.3. The van der Waals surface area contributed by atoms with Gasteiger partial charge in [0, 0.05) is 37.9 Å². The largest absolute Gasteiger partial charge is 0.406 e. The van der Waals surface area contributed by atoms with Crippen LogP contribution in [0.5, 0.6) is 0 Å². The highest BCUT2D eigenvalue weighted by molar-refractivity contribution is 5.77. The SMILES string of the molecule is O=C1CC(c2nc(C3CNC3)no2)CCN1CC(F)(F)F. The molecule has 3 rings (SSSR count). The van der Waals surface area contributed by atoms with E-state index >= 15 is 0 Å². The van der Waals surface area contributed by atoms with Gasteiger partial charge in [0.1, 0.15) is 6.54 Å². The molecule has 1 aromatic rings. The van der Waals surface area contributed by atoms with E-state index in [1.54, 1.807) is 0 Å². The molecule has 2 aliphatic rings. The summed E-state index contributed by atoms with van der Waals surface area (Å²) in [6.07, 6.45) is -3.97. The molecule has 1 atom stereocenters. The predicted molar refractivity (Wildman–Crippen MR) is 64.5 cm³/mol. The molecule has 1 N–H and O–H groups in total. The lowest BCUT2D eigenvalue weighted by molar-refractivity contribution is -0.164. The van der Waals surface area contributed by atoms with Gasteiger partial charge in [0.15, 0.2) is 5.82 Å². The number of halogens is 3. The van der Waals surface area contributed by atoms with Crippen LogP contribution in [0.15, 0.2) is 4.52 Å². The van der Waals surface area contributed by atoms with Gasteiger partial charge < -0.3 is 14.7 Å². The van der Waals surface area contributed by atoms with Crippen molar-refractivity contribution >= 4 is 5.91 Å². The quantitative estimate of drug-likeness (QED) is 0.903. The molecule has 1 amide bonds. The Bertz CT molecular complexity index is 527. The zero-order valence-corrected chi connectivity index (χ0v) is 11.2. The fourth-order valence-electron chi connectivity index (χ4n) is 2.52. The lowest BCUT2D eigenvalue weighted by Crippen LogP contribution is -2.43. The molecule has 0 saturated carbocycles. The fraction of sp³-hybridized carbons (Fsp3) is 0.750. The first-order valence-corrected chi connectivity index (χ1v) is 6.81. The van der Waals surface area contributed by atoms with Gasteiger partial charge in [0.05, 0.1) is 0 Å². The summed E-state index contributed by atoms with van der Waals surface area (Å²) < 4.78 is 42.2. The van der Waals surface area contributed by atoms with Gasteiger partial charge in [-0.25, -0.2) is 0 Å². The van der Waals surface area contributed by atoms with Crippen LogP contribution in [0.1, 0.15) is 36.4 Å². The minimum atomic E-state index is -4.36. The first-order valence-electron chi connectivity index (χ1n) is 6.81. The number of alkyl halides is 3. The molecule has 9 heteroatoms. The van der Waals surface area contributed by atoms with Gasteiger partial charge in [-0.3, -0.25) is 4.79 Å². The maximum Gasteiger partial charge on any atom is 0.406 e. The Morgan fingerprint density at radius 3 is 2.67 bits per heavy atom. The molecule has 0 radical (unpaired) electrons. The van der Waals surface area contributed by atoms with Crippen LogP contribution in [0.4, 0.5) is 13.2 Å². The Morgan fingerprint density at radius 1 is 1.33 bits per heavy atom. The summed E-state index contributed by atoms with van der Waals surface area (Å²) in [7, 11) is 0. The molecular weight excluding hydrogens is 289 g/mol. The van der Waals surface area contributed by atoms with Crippen LogP contribution in [0.2, 0.25) is 0 Å². The number of nitrogens with zero attached hydrogens (tertiary/aromatic N) is 3. The number of carbonyl (C=O) groups excluding carboxylic acids is 1. The Kier molecular flexibility index (Phi) is 3.60. The highest BCUT2D eigenvalue weighted by Gasteiger charge is 2.37. The van der Waals surface area contributed by atoms with Gasteiger partial charge in [-0.1, -0.05) is 5.16 Å². The summed E-state index contributed by atoms with van der Waals surface area (Å²) in [5.41, 5.74) is 0. The summed E-state index contributed by atoms with van der Waals surface area (Å²) in [6.45, 7) is 0.455. The first kappa shape index (κ1) is 14.3. The normalized spacial score (nSPS) is 24.2. The smallest absolute Gasteiger partial charge is 0.339 e. The molecule has 1 aromatic heterocycles. The topological polar surface area (TPSA) is 71.3 Å². The standard InChI is InChI=1S/C12H15F3N4O2/c13-12(14,15)6-19-2-1-7(3-9(19)20)11-17-10(18-21-11)8-4-16-5-8/h7-8,16H,1-6H2. The van der Waals surface area contributed by atoms with Crippen molar-refractivity contribution in [1.29, 1.82) is 0 Å². The van der Waals surface area contributed by atoms with Crippen LogP contribution >= 0.6 is 0 Å². The summed E-state index contributed by atoms with van der Waals surface area (Å²) in [5, 5.41) is 6.98. The van der Waals surface area contributed by atoms with Gasteiger partial charge in [0.25, 0.3) is 0 Å². The zero-order chi connectivity index (χ0) is 15.0. The number of aromatic nitrogens is 2. The van der Waals surface area contributed by atoms with Crippen molar-refractivity contribution in [3.63, 3.8) is 0 Å². The molecule has 3 heterocycles. The summed E-state index contributed by atoms with van der Waals surface area (Å²) in [5.74, 6) is 0.388. The van der Waals surface area contributed by atoms with Gasteiger partial charge in [-0.15, -0.1) is 0 Å². The van der Waals surface area contributed by atoms with Gasteiger partial charge in [-0.05, 0) is 6.42 Å². The van der Waals surface area contributed by atoms with Crippen molar-refractivity contribution in [3.8, 4) is 0 Å². The predicted octanol–water partition coefficient (Wildman–Crippen LogP) is 1.02. The number of nitrogens with one attached hydrogen (secondary N) is 1. The number of likely N-dealkylation sites (tertiary alicyclic amines) is 1. The third kappa shape index (κ3) is 3.17. The molecule has 2 aliphatic heterocycles. The van der Waals surface area contributed by atoms with Gasteiger partial charge in [0.2, 0.25) is 11.8 Å². The van der Waals surface area contributed by atoms with Crippen LogP contribution in [-0.4, -0.2) is 53.3 Å². The summed E-state index contributed by atoms with van der Waals surface area (Å²) >= 11 is 0. The Labute approximate surface area is 118 Å². The van der Waals surface area contributed by atoms with E-state index in [1.165, 1.54) is 0 Å². The van der Waals surface area contributed by atoms with Crippen LogP contribution in [-0.2, 0) is 4.79 Å². The second-order valence-corrected chi connectivity index (χ2v) is 5.47. The van der Waals surface area contributed by atoms with E-state index in [2.05, 4.69) is 15.5 Å². The Morgan fingerprint density at radius 2 is 2.10 bits per heavy atom. The minimum absolute atomic E-state index is 0.0133. The molecule has 116 valence electrons. The number of hydrogen-bond donors (Lipinski definition) is 1. The molecule has 6 nitrogen and oxygen atoms in total. The van der Waals surface area contributed by atoms with Crippen LogP contribution in [0, 0.1) is 0 Å². The van der Waals surface area contributed by atoms with E-state index in [0.717, 1.165) is 18.0 Å². The van der Waals surface area contributed by atoms with E-state index in [4.69, 9.17) is 4.52 Å². The number of amides is 1. The first-order chi connectivity index (χ1) is 9.92. The Hall–Kier alpha value is -1.64. The van der Waals surface area contributed by atoms with Crippen molar-refractivity contribution in [2.24, 2.45) is 0 Å². The van der Waals surface area contributed by atoms with Crippen molar-refractivity contribution in [1.82, 2.24) is 20.4 Å². The van der Waals surface area contributed by atoms with Crippen molar-refractivity contribution in [2.45, 2.75) is 30.9 Å². The lowest BCUT2D eigenvalue weighted by atomic mass is 9.96. The highest BCUT2D eigenvalue weighted by atomic mass is 19.4. The van der Waals surface area contributed by atoms with E-state index < -0.39 is 18.6 Å². The molecule has 1 unspecified atom stereocenters. The zero-order valence-electron chi connectivity index (χ0n) is 11.2. The maximum atomic E-state index is 12.3. The second-order valence-electron chi connectivity index (χ2n) is 5.47. The number of piperidine rings is 1. The average Bonchev–Trinajstić information content (AvgIpc) is 2.77. The fourth-order valence-corrected chi connectivity index (χ4v) is 2.52. The summed E-state index contributed by atoms with van der Waals surface area (Å²) in [4.78, 5) is 16.9. The molecule has 21 heavy (non-hydrogen) atoms. The van der Waals surface area contributed by atoms with Crippen molar-refractivity contribution in [2.75, 3.05) is 26.2 Å². The van der Waals surface area contributed by atoms with Crippen molar-refractivity contribution < 1.29 is 22.5 Å². The summed E-state index contributed by atoms with van der Waals surface area (Å²) in [6, 6.07) is 0. The third-order valence-electron chi connectivity index (χ3n) is 3.84. The van der Waals surface area contributed by atoms with Crippen LogP contribution in [0.25, 0.3) is 0 Å². The highest BCUT2D eigenvalue weighted by Crippen LogP contribution is 2.30. The van der Waals surface area contributed by atoms with E-state index in [-0.39, 0.29) is 24.8 Å². The number of carbonyl (C=O) groups is 1. The van der Waals surface area contributed by atoms with E-state index in [1.807, 2.05) is 0 Å². The molecule has 2 saturated heterocycles.